The molecule has 1 aliphatic heterocycles. The van der Waals surface area contributed by atoms with Gasteiger partial charge in [-0.25, -0.2) is 9.59 Å². The van der Waals surface area contributed by atoms with Crippen molar-refractivity contribution >= 4 is 24.0 Å². The number of carbonyl (C=O) groups excluding carboxylic acids is 4. The van der Waals surface area contributed by atoms with E-state index in [1.54, 1.807) is 41.5 Å². The van der Waals surface area contributed by atoms with Gasteiger partial charge in [0.15, 0.2) is 12.1 Å². The van der Waals surface area contributed by atoms with Crippen LogP contribution in [0.15, 0.2) is 0 Å². The number of carbonyl (C=O) groups is 4. The van der Waals surface area contributed by atoms with Gasteiger partial charge in [0.05, 0.1) is 11.8 Å². The van der Waals surface area contributed by atoms with Crippen LogP contribution >= 0.6 is 0 Å². The fourth-order valence-electron chi connectivity index (χ4n) is 2.73. The second-order valence-electron chi connectivity index (χ2n) is 8.42. The highest BCUT2D eigenvalue weighted by atomic mass is 16.6. The Balaban J connectivity index is 3.05. The van der Waals surface area contributed by atoms with Gasteiger partial charge in [-0.15, -0.1) is 0 Å². The molecule has 0 aromatic heterocycles. The Bertz CT molecular complexity index is 610. The van der Waals surface area contributed by atoms with E-state index in [-0.39, 0.29) is 0 Å². The van der Waals surface area contributed by atoms with E-state index in [0.29, 0.717) is 12.8 Å². The van der Waals surface area contributed by atoms with Crippen LogP contribution in [0.5, 0.6) is 0 Å². The Kier molecular flexibility index (Phi) is 8.91. The van der Waals surface area contributed by atoms with Crippen molar-refractivity contribution in [1.29, 1.82) is 0 Å². The van der Waals surface area contributed by atoms with Crippen LogP contribution in [0, 0.1) is 11.8 Å². The molecule has 29 heavy (non-hydrogen) atoms. The smallest absolute Gasteiger partial charge is 0.408 e. The molecule has 4 atom stereocenters. The van der Waals surface area contributed by atoms with E-state index in [2.05, 4.69) is 5.32 Å². The highest BCUT2D eigenvalue weighted by molar-refractivity contribution is 5.83. The number of amides is 1. The fourth-order valence-corrected chi connectivity index (χ4v) is 2.73. The van der Waals surface area contributed by atoms with Gasteiger partial charge in [-0.3, -0.25) is 9.59 Å². The first kappa shape index (κ1) is 24.7. The lowest BCUT2D eigenvalue weighted by Gasteiger charge is -2.29. The molecule has 166 valence electrons. The molecule has 0 aliphatic carbocycles. The third kappa shape index (κ3) is 7.91. The molecular weight excluding hydrogens is 382 g/mol. The summed E-state index contributed by atoms with van der Waals surface area (Å²) in [5.41, 5.74) is -0.765. The zero-order chi connectivity index (χ0) is 22.4. The summed E-state index contributed by atoms with van der Waals surface area (Å²) >= 11 is 0. The first-order valence-electron chi connectivity index (χ1n) is 9.92. The SMILES string of the molecule is CCCC1C(=O)OCC(NC(=O)OC(C)(C)C)C(=O)OC(C)C1OC(=O)C(C)C. The van der Waals surface area contributed by atoms with E-state index in [9.17, 15) is 19.2 Å². The van der Waals surface area contributed by atoms with Crippen LogP contribution in [-0.2, 0) is 33.3 Å². The molecule has 4 unspecified atom stereocenters. The van der Waals surface area contributed by atoms with Crippen LogP contribution in [0.1, 0.15) is 61.3 Å². The van der Waals surface area contributed by atoms with Gasteiger partial charge in [-0.1, -0.05) is 27.2 Å². The number of nitrogens with one attached hydrogen (secondary N) is 1. The molecule has 1 amide bonds. The van der Waals surface area contributed by atoms with Crippen LogP contribution in [-0.4, -0.2) is 54.5 Å². The Labute approximate surface area is 171 Å². The van der Waals surface area contributed by atoms with Gasteiger partial charge in [0.2, 0.25) is 0 Å². The van der Waals surface area contributed by atoms with Gasteiger partial charge >= 0.3 is 24.0 Å². The summed E-state index contributed by atoms with van der Waals surface area (Å²) in [5.74, 6) is -3.13. The fraction of sp³-hybridized carbons (Fsp3) is 0.800. The Morgan fingerprint density at radius 2 is 1.83 bits per heavy atom. The first-order chi connectivity index (χ1) is 13.4. The molecule has 0 spiro atoms. The topological polar surface area (TPSA) is 117 Å². The lowest BCUT2D eigenvalue weighted by atomic mass is 9.93. The summed E-state index contributed by atoms with van der Waals surface area (Å²) in [5, 5.41) is 2.36. The quantitative estimate of drug-likeness (QED) is 0.537. The van der Waals surface area contributed by atoms with Crippen LogP contribution in [0.2, 0.25) is 0 Å². The summed E-state index contributed by atoms with van der Waals surface area (Å²) < 4.78 is 21.3. The van der Waals surface area contributed by atoms with E-state index in [0.717, 1.165) is 0 Å². The van der Waals surface area contributed by atoms with Crippen molar-refractivity contribution in [1.82, 2.24) is 5.32 Å². The number of esters is 3. The normalized spacial score (nSPS) is 25.8. The molecule has 9 heteroatoms. The Hall–Kier alpha value is -2.32. The van der Waals surface area contributed by atoms with Gasteiger partial charge in [-0.05, 0) is 34.1 Å². The van der Waals surface area contributed by atoms with Gasteiger partial charge < -0.3 is 24.3 Å². The molecular formula is C20H33NO8. The number of ether oxygens (including phenoxy) is 4. The molecule has 0 aromatic rings. The van der Waals surface area contributed by atoms with E-state index in [1.807, 2.05) is 6.92 Å². The molecule has 1 saturated heterocycles. The van der Waals surface area contributed by atoms with E-state index >= 15 is 0 Å². The highest BCUT2D eigenvalue weighted by Crippen LogP contribution is 2.24. The molecule has 1 rings (SSSR count). The maximum atomic E-state index is 12.7. The number of rotatable bonds is 5. The van der Waals surface area contributed by atoms with Crippen molar-refractivity contribution in [3.63, 3.8) is 0 Å². The van der Waals surface area contributed by atoms with Crippen LogP contribution in [0.4, 0.5) is 4.79 Å². The number of cyclic esters (lactones) is 2. The highest BCUT2D eigenvalue weighted by Gasteiger charge is 2.41. The third-order valence-corrected chi connectivity index (χ3v) is 4.16. The number of hydrogen-bond acceptors (Lipinski definition) is 8. The zero-order valence-corrected chi connectivity index (χ0v) is 18.3. The minimum absolute atomic E-state index is 0.390. The van der Waals surface area contributed by atoms with E-state index in [4.69, 9.17) is 18.9 Å². The maximum absolute atomic E-state index is 12.7. The number of alkyl carbamates (subject to hydrolysis) is 1. The largest absolute Gasteiger partial charge is 0.463 e. The van der Waals surface area contributed by atoms with Crippen molar-refractivity contribution in [2.24, 2.45) is 11.8 Å². The summed E-state index contributed by atoms with van der Waals surface area (Å²) in [4.78, 5) is 49.4. The van der Waals surface area contributed by atoms with Crippen LogP contribution in [0.3, 0.4) is 0 Å². The molecule has 1 fully saturated rings. The standard InChI is InChI=1S/C20H33NO8/c1-8-9-13-15(28-16(22)11(2)3)12(4)27-18(24)14(10-26-17(13)23)21-19(25)29-20(5,6)7/h11-15H,8-10H2,1-7H3,(H,21,25). The van der Waals surface area contributed by atoms with Crippen LogP contribution in [0.25, 0.3) is 0 Å². The van der Waals surface area contributed by atoms with Crippen LogP contribution < -0.4 is 5.32 Å². The predicted molar refractivity (Wildman–Crippen MR) is 103 cm³/mol. The minimum Gasteiger partial charge on any atom is -0.463 e. The van der Waals surface area contributed by atoms with Crippen molar-refractivity contribution < 1.29 is 38.1 Å². The summed E-state index contributed by atoms with van der Waals surface area (Å²) in [6.45, 7) is 11.4. The van der Waals surface area contributed by atoms with Gasteiger partial charge in [-0.2, -0.15) is 0 Å². The van der Waals surface area contributed by atoms with Crippen molar-refractivity contribution in [2.45, 2.75) is 85.2 Å². The maximum Gasteiger partial charge on any atom is 0.408 e. The van der Waals surface area contributed by atoms with Crippen molar-refractivity contribution in [3.05, 3.63) is 0 Å². The Morgan fingerprint density at radius 3 is 2.34 bits per heavy atom. The minimum atomic E-state index is -1.24. The molecule has 1 aliphatic rings. The van der Waals surface area contributed by atoms with Gasteiger partial charge in [0, 0.05) is 0 Å². The zero-order valence-electron chi connectivity index (χ0n) is 18.3. The third-order valence-electron chi connectivity index (χ3n) is 4.16. The molecule has 0 bridgehead atoms. The second-order valence-corrected chi connectivity index (χ2v) is 8.42. The van der Waals surface area contributed by atoms with Gasteiger partial charge in [0.1, 0.15) is 18.3 Å². The lowest BCUT2D eigenvalue weighted by molar-refractivity contribution is -0.176. The van der Waals surface area contributed by atoms with E-state index in [1.165, 1.54) is 0 Å². The molecule has 0 saturated carbocycles. The lowest BCUT2D eigenvalue weighted by Crippen LogP contribution is -2.48. The summed E-state index contributed by atoms with van der Waals surface area (Å²) in [6.07, 6.45) is -1.70. The first-order valence-corrected chi connectivity index (χ1v) is 9.92. The summed E-state index contributed by atoms with van der Waals surface area (Å²) in [7, 11) is 0. The monoisotopic (exact) mass is 415 g/mol. The van der Waals surface area contributed by atoms with Gasteiger partial charge in [0.25, 0.3) is 0 Å². The molecule has 0 radical (unpaired) electrons. The number of hydrogen-bond donors (Lipinski definition) is 1. The molecule has 0 aromatic carbocycles. The molecule has 1 heterocycles. The van der Waals surface area contributed by atoms with Crippen molar-refractivity contribution in [3.8, 4) is 0 Å². The van der Waals surface area contributed by atoms with Crippen molar-refractivity contribution in [2.75, 3.05) is 6.61 Å². The average Bonchev–Trinajstić information content (AvgIpc) is 2.61. The molecule has 9 nitrogen and oxygen atoms in total. The van der Waals surface area contributed by atoms with E-state index < -0.39 is 66.3 Å². The summed E-state index contributed by atoms with van der Waals surface area (Å²) in [6, 6.07) is -1.24. The predicted octanol–water partition coefficient (Wildman–Crippen LogP) is 2.35. The second kappa shape index (κ2) is 10.5. The average molecular weight is 415 g/mol. The Morgan fingerprint density at radius 1 is 1.21 bits per heavy atom. The molecule has 1 N–H and O–H groups in total.